The molecule has 6 nitrogen and oxygen atoms in total. The molecule has 0 aliphatic carbocycles. The third-order valence-electron chi connectivity index (χ3n) is 3.95. The third-order valence-corrected chi connectivity index (χ3v) is 4.80. The number of nitrogens with one attached hydrogen (secondary N) is 2. The number of nitrogens with zero attached hydrogens (tertiary/aromatic N) is 2. The number of carbonyl (C=O) groups is 2. The molecule has 138 valence electrons. The Bertz CT molecular complexity index is 897. The predicted molar refractivity (Wildman–Crippen MR) is 105 cm³/mol. The molecule has 1 amide bonds. The maximum Gasteiger partial charge on any atom is 0.231 e. The zero-order chi connectivity index (χ0) is 19.1. The summed E-state index contributed by atoms with van der Waals surface area (Å²) in [6.07, 6.45) is 0.478. The number of hydrogen-bond donors (Lipinski definition) is 2. The van der Waals surface area contributed by atoms with E-state index < -0.39 is 6.04 Å². The highest BCUT2D eigenvalue weighted by Gasteiger charge is 2.18. The zero-order valence-corrected chi connectivity index (χ0v) is 15.7. The largest absolute Gasteiger partial charge is 0.345 e. The van der Waals surface area contributed by atoms with Gasteiger partial charge in [0.2, 0.25) is 11.1 Å². The number of carbonyl (C=O) groups excluding carboxylic acids is 2. The highest BCUT2D eigenvalue weighted by molar-refractivity contribution is 7.99. The zero-order valence-electron chi connectivity index (χ0n) is 14.9. The SMILES string of the molecule is CC(=O)[C@@H](Cc1ccccc1)NC(=O)CSc1n[nH]c(-c2ccccc2)n1. The number of hydrogen-bond acceptors (Lipinski definition) is 5. The van der Waals surface area contributed by atoms with Gasteiger partial charge in [-0.2, -0.15) is 0 Å². The number of thioether (sulfide) groups is 1. The molecule has 2 N–H and O–H groups in total. The van der Waals surface area contributed by atoms with E-state index >= 15 is 0 Å². The normalized spacial score (nSPS) is 11.7. The Morgan fingerprint density at radius 2 is 1.74 bits per heavy atom. The van der Waals surface area contributed by atoms with Gasteiger partial charge in [-0.1, -0.05) is 72.4 Å². The molecule has 0 spiro atoms. The standard InChI is InChI=1S/C20H20N4O2S/c1-14(25)17(12-15-8-4-2-5-9-15)21-18(26)13-27-20-22-19(23-24-20)16-10-6-3-7-11-16/h2-11,17H,12-13H2,1H3,(H,21,26)(H,22,23,24)/t17-/m1/s1. The Morgan fingerprint density at radius 3 is 2.41 bits per heavy atom. The quantitative estimate of drug-likeness (QED) is 0.587. The summed E-state index contributed by atoms with van der Waals surface area (Å²) in [6.45, 7) is 1.49. The first-order valence-electron chi connectivity index (χ1n) is 8.56. The van der Waals surface area contributed by atoms with Gasteiger partial charge in [-0.3, -0.25) is 14.7 Å². The van der Waals surface area contributed by atoms with Crippen molar-refractivity contribution in [1.29, 1.82) is 0 Å². The van der Waals surface area contributed by atoms with Crippen LogP contribution in [0.5, 0.6) is 0 Å². The van der Waals surface area contributed by atoms with Crippen LogP contribution < -0.4 is 5.32 Å². The number of Topliss-reactive ketones (excluding diaryl/α,β-unsaturated/α-hetero) is 1. The molecular weight excluding hydrogens is 360 g/mol. The molecule has 0 bridgehead atoms. The maximum absolute atomic E-state index is 12.2. The van der Waals surface area contributed by atoms with Crippen molar-refractivity contribution < 1.29 is 9.59 Å². The van der Waals surface area contributed by atoms with Crippen LogP contribution >= 0.6 is 11.8 Å². The Kier molecular flexibility index (Phi) is 6.38. The van der Waals surface area contributed by atoms with Gasteiger partial charge >= 0.3 is 0 Å². The Balaban J connectivity index is 1.54. The van der Waals surface area contributed by atoms with Gasteiger partial charge < -0.3 is 5.32 Å². The number of ketones is 1. The average molecular weight is 380 g/mol. The molecule has 0 saturated heterocycles. The van der Waals surface area contributed by atoms with E-state index in [1.807, 2.05) is 60.7 Å². The van der Waals surface area contributed by atoms with Crippen LogP contribution in [-0.4, -0.2) is 38.7 Å². The Hall–Kier alpha value is -2.93. The number of benzene rings is 2. The van der Waals surface area contributed by atoms with Gasteiger partial charge in [0.15, 0.2) is 11.6 Å². The number of aromatic nitrogens is 3. The van der Waals surface area contributed by atoms with Gasteiger partial charge in [0.25, 0.3) is 0 Å². The lowest BCUT2D eigenvalue weighted by molar-refractivity contribution is -0.125. The van der Waals surface area contributed by atoms with E-state index in [-0.39, 0.29) is 17.4 Å². The van der Waals surface area contributed by atoms with E-state index in [1.165, 1.54) is 18.7 Å². The summed E-state index contributed by atoms with van der Waals surface area (Å²) < 4.78 is 0. The van der Waals surface area contributed by atoms with Crippen molar-refractivity contribution in [2.45, 2.75) is 24.5 Å². The molecule has 0 aliphatic heterocycles. The minimum atomic E-state index is -0.535. The fraction of sp³-hybridized carbons (Fsp3) is 0.200. The van der Waals surface area contributed by atoms with Crippen LogP contribution in [0.2, 0.25) is 0 Å². The van der Waals surface area contributed by atoms with E-state index in [0.717, 1.165) is 11.1 Å². The van der Waals surface area contributed by atoms with Gasteiger partial charge in [0, 0.05) is 5.56 Å². The van der Waals surface area contributed by atoms with Crippen LogP contribution in [0.25, 0.3) is 11.4 Å². The van der Waals surface area contributed by atoms with Crippen LogP contribution in [0.1, 0.15) is 12.5 Å². The van der Waals surface area contributed by atoms with Crippen molar-refractivity contribution in [1.82, 2.24) is 20.5 Å². The molecule has 0 aliphatic rings. The number of H-pyrrole nitrogens is 1. The smallest absolute Gasteiger partial charge is 0.231 e. The summed E-state index contributed by atoms with van der Waals surface area (Å²) in [5.74, 6) is 0.512. The lowest BCUT2D eigenvalue weighted by Crippen LogP contribution is -2.42. The van der Waals surface area contributed by atoms with Crippen molar-refractivity contribution in [3.63, 3.8) is 0 Å². The molecule has 0 fully saturated rings. The third kappa shape index (κ3) is 5.52. The van der Waals surface area contributed by atoms with Crippen LogP contribution in [0.15, 0.2) is 65.8 Å². The Morgan fingerprint density at radius 1 is 1.07 bits per heavy atom. The molecule has 2 aromatic carbocycles. The van der Waals surface area contributed by atoms with Crippen molar-refractivity contribution in [3.8, 4) is 11.4 Å². The summed E-state index contributed by atoms with van der Waals surface area (Å²) in [5.41, 5.74) is 1.94. The highest BCUT2D eigenvalue weighted by Crippen LogP contribution is 2.18. The summed E-state index contributed by atoms with van der Waals surface area (Å²) >= 11 is 1.23. The monoisotopic (exact) mass is 380 g/mol. The molecule has 1 aromatic heterocycles. The van der Waals surface area contributed by atoms with Crippen molar-refractivity contribution in [2.75, 3.05) is 5.75 Å². The van der Waals surface area contributed by atoms with Gasteiger partial charge in [0.1, 0.15) is 0 Å². The molecular formula is C20H20N4O2S. The molecule has 7 heteroatoms. The van der Waals surface area contributed by atoms with E-state index in [9.17, 15) is 9.59 Å². The first kappa shape index (κ1) is 18.8. The minimum absolute atomic E-state index is 0.0681. The highest BCUT2D eigenvalue weighted by atomic mass is 32.2. The number of aromatic amines is 1. The Labute approximate surface area is 161 Å². The maximum atomic E-state index is 12.2. The second-order valence-corrected chi connectivity index (χ2v) is 6.98. The van der Waals surface area contributed by atoms with Crippen LogP contribution in [-0.2, 0) is 16.0 Å². The average Bonchev–Trinajstić information content (AvgIpc) is 3.16. The molecule has 0 radical (unpaired) electrons. The first-order valence-corrected chi connectivity index (χ1v) is 9.55. The summed E-state index contributed by atoms with van der Waals surface area (Å²) in [5, 5.41) is 10.3. The van der Waals surface area contributed by atoms with Crippen LogP contribution in [0, 0.1) is 0 Å². The van der Waals surface area contributed by atoms with Gasteiger partial charge in [0.05, 0.1) is 11.8 Å². The van der Waals surface area contributed by atoms with Gasteiger partial charge in [-0.05, 0) is 18.9 Å². The number of amides is 1. The summed E-state index contributed by atoms with van der Waals surface area (Å²) in [4.78, 5) is 28.5. The molecule has 0 saturated carbocycles. The molecule has 3 aromatic rings. The molecule has 27 heavy (non-hydrogen) atoms. The summed E-state index contributed by atoms with van der Waals surface area (Å²) in [6, 6.07) is 18.7. The van der Waals surface area contributed by atoms with Gasteiger partial charge in [-0.25, -0.2) is 4.98 Å². The van der Waals surface area contributed by atoms with Crippen molar-refractivity contribution >= 4 is 23.5 Å². The van der Waals surface area contributed by atoms with E-state index in [1.54, 1.807) is 0 Å². The predicted octanol–water partition coefficient (Wildman–Crippen LogP) is 2.88. The van der Waals surface area contributed by atoms with E-state index in [2.05, 4.69) is 20.5 Å². The van der Waals surface area contributed by atoms with Gasteiger partial charge in [-0.15, -0.1) is 5.10 Å². The molecule has 1 heterocycles. The lowest BCUT2D eigenvalue weighted by Gasteiger charge is -2.15. The fourth-order valence-corrected chi connectivity index (χ4v) is 3.16. The second kappa shape index (κ2) is 9.14. The van der Waals surface area contributed by atoms with Crippen molar-refractivity contribution in [3.05, 3.63) is 66.2 Å². The molecule has 0 unspecified atom stereocenters. The van der Waals surface area contributed by atoms with E-state index in [4.69, 9.17) is 0 Å². The lowest BCUT2D eigenvalue weighted by atomic mass is 10.0. The van der Waals surface area contributed by atoms with Crippen LogP contribution in [0.4, 0.5) is 0 Å². The molecule has 1 atom stereocenters. The first-order chi connectivity index (χ1) is 13.1. The van der Waals surface area contributed by atoms with Crippen molar-refractivity contribution in [2.24, 2.45) is 0 Å². The van der Waals surface area contributed by atoms with E-state index in [0.29, 0.717) is 17.4 Å². The minimum Gasteiger partial charge on any atom is -0.345 e. The van der Waals surface area contributed by atoms with Crippen LogP contribution in [0.3, 0.4) is 0 Å². The second-order valence-electron chi connectivity index (χ2n) is 6.04. The fourth-order valence-electron chi connectivity index (χ4n) is 2.55. The number of rotatable bonds is 8. The topological polar surface area (TPSA) is 87.7 Å². The molecule has 3 rings (SSSR count). The summed E-state index contributed by atoms with van der Waals surface area (Å²) in [7, 11) is 0.